The van der Waals surface area contributed by atoms with Crippen LogP contribution in [0.3, 0.4) is 0 Å². The number of alkyl halides is 1. The van der Waals surface area contributed by atoms with Gasteiger partial charge in [-0.25, -0.2) is 4.39 Å². The topological polar surface area (TPSA) is 40.5 Å². The van der Waals surface area contributed by atoms with Gasteiger partial charge in [0.2, 0.25) is 0 Å². The Morgan fingerprint density at radius 3 is 2.66 bits per heavy atom. The van der Waals surface area contributed by atoms with Crippen molar-refractivity contribution in [1.29, 1.82) is 0 Å². The first kappa shape index (κ1) is 20.9. The van der Waals surface area contributed by atoms with E-state index in [1.165, 1.54) is 11.1 Å². The summed E-state index contributed by atoms with van der Waals surface area (Å²) in [4.78, 5) is 0. The molecule has 0 aromatic heterocycles. The van der Waals surface area contributed by atoms with E-state index in [-0.39, 0.29) is 5.92 Å². The van der Waals surface area contributed by atoms with Crippen molar-refractivity contribution in [3.05, 3.63) is 29.3 Å². The molecule has 4 rings (SSSR count). The molecule has 2 nitrogen and oxygen atoms in total. The monoisotopic (exact) mass is 414 g/mol. The highest BCUT2D eigenvalue weighted by molar-refractivity contribution is 6.83. The Labute approximate surface area is 175 Å². The Hall–Kier alpha value is -1.31. The van der Waals surface area contributed by atoms with E-state index in [0.717, 1.165) is 25.7 Å². The Bertz CT molecular complexity index is 866. The average molecular weight is 415 g/mol. The maximum absolute atomic E-state index is 15.5. The van der Waals surface area contributed by atoms with Crippen molar-refractivity contribution >= 4 is 8.07 Å². The van der Waals surface area contributed by atoms with Crippen LogP contribution in [0.15, 0.2) is 18.2 Å². The van der Waals surface area contributed by atoms with E-state index in [0.29, 0.717) is 29.9 Å². The minimum absolute atomic E-state index is 0.146. The van der Waals surface area contributed by atoms with Crippen LogP contribution in [0.5, 0.6) is 5.75 Å². The molecule has 2 fully saturated rings. The summed E-state index contributed by atoms with van der Waals surface area (Å²) in [5.74, 6) is 4.75. The number of aromatic hydroxyl groups is 1. The summed E-state index contributed by atoms with van der Waals surface area (Å²) in [5.41, 5.74) is 3.84. The molecule has 0 spiro atoms. The molecule has 2 N–H and O–H groups in total. The molecule has 0 bridgehead atoms. The van der Waals surface area contributed by atoms with Crippen LogP contribution in [0, 0.1) is 34.6 Å². The van der Waals surface area contributed by atoms with Crippen molar-refractivity contribution in [2.24, 2.45) is 23.2 Å². The number of hydrogen-bond donors (Lipinski definition) is 2. The van der Waals surface area contributed by atoms with Crippen molar-refractivity contribution in [2.75, 3.05) is 0 Å². The van der Waals surface area contributed by atoms with Gasteiger partial charge in [-0.3, -0.25) is 0 Å². The van der Waals surface area contributed by atoms with Gasteiger partial charge in [0.15, 0.2) is 5.60 Å². The molecule has 4 heteroatoms. The van der Waals surface area contributed by atoms with Gasteiger partial charge >= 0.3 is 0 Å². The van der Waals surface area contributed by atoms with Gasteiger partial charge in [0, 0.05) is 5.41 Å². The largest absolute Gasteiger partial charge is 0.508 e. The van der Waals surface area contributed by atoms with Crippen LogP contribution in [0.25, 0.3) is 0 Å². The summed E-state index contributed by atoms with van der Waals surface area (Å²) in [6.45, 7) is 10.8. The summed E-state index contributed by atoms with van der Waals surface area (Å²) < 4.78 is 15.5. The number of fused-ring (bicyclic) bond motifs is 5. The predicted octanol–water partition coefficient (Wildman–Crippen LogP) is 5.44. The minimum Gasteiger partial charge on any atom is -0.508 e. The van der Waals surface area contributed by atoms with Gasteiger partial charge in [-0.15, -0.1) is 5.54 Å². The number of phenolic OH excluding ortho intramolecular Hbond substituents is 1. The molecular weight excluding hydrogens is 379 g/mol. The molecule has 0 aliphatic heterocycles. The highest BCUT2D eigenvalue weighted by Crippen LogP contribution is 2.66. The standard InChI is InChI=1S/C25H35FO2Si/c1-6-16-15-24(2)21(14-22(26)25(24,28)11-12-29(3,4)5)20-9-7-17-13-18(27)8-10-19(17)23(16)20/h8,10,13,16,20-23,27-28H,6-7,9,14-15H2,1-5H3/t16-,20-,21-,22-,23+,24-,25-/m0/s1. The van der Waals surface area contributed by atoms with Crippen LogP contribution in [-0.4, -0.2) is 30.1 Å². The van der Waals surface area contributed by atoms with E-state index in [9.17, 15) is 10.2 Å². The lowest BCUT2D eigenvalue weighted by Crippen LogP contribution is -2.55. The zero-order valence-electron chi connectivity index (χ0n) is 18.4. The number of aliphatic hydroxyl groups is 1. The van der Waals surface area contributed by atoms with E-state index in [1.807, 2.05) is 6.07 Å². The Morgan fingerprint density at radius 2 is 2.00 bits per heavy atom. The van der Waals surface area contributed by atoms with Crippen LogP contribution in [0.2, 0.25) is 19.6 Å². The van der Waals surface area contributed by atoms with Gasteiger partial charge in [0.25, 0.3) is 0 Å². The quantitative estimate of drug-likeness (QED) is 0.474. The lowest BCUT2D eigenvalue weighted by atomic mass is 9.49. The molecular formula is C25H35FO2Si. The normalized spacial score (nSPS) is 41.0. The van der Waals surface area contributed by atoms with Gasteiger partial charge in [-0.05, 0) is 72.6 Å². The third kappa shape index (κ3) is 3.16. The van der Waals surface area contributed by atoms with E-state index in [4.69, 9.17) is 0 Å². The third-order valence-corrected chi connectivity index (χ3v) is 9.04. The third-order valence-electron chi connectivity index (χ3n) is 8.16. The molecule has 0 radical (unpaired) electrons. The molecule has 1 aromatic carbocycles. The summed E-state index contributed by atoms with van der Waals surface area (Å²) in [5, 5.41) is 21.6. The molecule has 1 aromatic rings. The lowest BCUT2D eigenvalue weighted by molar-refractivity contribution is -0.100. The molecule has 7 atom stereocenters. The van der Waals surface area contributed by atoms with Crippen molar-refractivity contribution in [3.8, 4) is 17.2 Å². The molecule has 3 aliphatic rings. The maximum Gasteiger partial charge on any atom is 0.161 e. The first-order valence-corrected chi connectivity index (χ1v) is 14.7. The van der Waals surface area contributed by atoms with Gasteiger partial charge in [-0.2, -0.15) is 0 Å². The van der Waals surface area contributed by atoms with Crippen LogP contribution >= 0.6 is 0 Å². The number of rotatable bonds is 1. The predicted molar refractivity (Wildman–Crippen MR) is 118 cm³/mol. The van der Waals surface area contributed by atoms with Crippen LogP contribution in [0.1, 0.15) is 56.6 Å². The summed E-state index contributed by atoms with van der Waals surface area (Å²) in [6.07, 6.45) is 2.88. The number of halogens is 1. The van der Waals surface area contributed by atoms with E-state index in [2.05, 4.69) is 51.0 Å². The van der Waals surface area contributed by atoms with E-state index < -0.39 is 25.3 Å². The smallest absolute Gasteiger partial charge is 0.161 e. The first-order valence-electron chi connectivity index (χ1n) is 11.2. The SMILES string of the molecule is CC[C@H]1C[C@@]2(C)[C@@H](C[C@H](F)[C@@]2(O)C#C[Si](C)(C)C)[C@@H]2CCc3cc(O)ccc3[C@@H]12. The van der Waals surface area contributed by atoms with Crippen molar-refractivity contribution in [1.82, 2.24) is 0 Å². The van der Waals surface area contributed by atoms with Gasteiger partial charge < -0.3 is 10.2 Å². The van der Waals surface area contributed by atoms with Crippen molar-refractivity contribution in [2.45, 2.75) is 83.3 Å². The second-order valence-electron chi connectivity index (χ2n) is 11.0. The second kappa shape index (κ2) is 6.85. The van der Waals surface area contributed by atoms with Crippen molar-refractivity contribution in [3.63, 3.8) is 0 Å². The molecule has 29 heavy (non-hydrogen) atoms. The fraction of sp³-hybridized carbons (Fsp3) is 0.680. The maximum atomic E-state index is 15.5. The highest BCUT2D eigenvalue weighted by atomic mass is 28.3. The zero-order valence-corrected chi connectivity index (χ0v) is 19.4. The summed E-state index contributed by atoms with van der Waals surface area (Å²) in [7, 11) is -1.71. The summed E-state index contributed by atoms with van der Waals surface area (Å²) in [6, 6.07) is 5.80. The molecule has 0 amide bonds. The molecule has 0 heterocycles. The number of aryl methyl sites for hydroxylation is 1. The fourth-order valence-corrected chi connectivity index (χ4v) is 7.31. The van der Waals surface area contributed by atoms with Crippen LogP contribution < -0.4 is 0 Å². The van der Waals surface area contributed by atoms with E-state index in [1.54, 1.807) is 6.07 Å². The molecule has 0 saturated heterocycles. The zero-order chi connectivity index (χ0) is 21.2. The van der Waals surface area contributed by atoms with Gasteiger partial charge in [0.1, 0.15) is 20.0 Å². The molecule has 2 saturated carbocycles. The number of benzene rings is 1. The van der Waals surface area contributed by atoms with Crippen LogP contribution in [-0.2, 0) is 6.42 Å². The molecule has 0 unspecified atom stereocenters. The van der Waals surface area contributed by atoms with E-state index >= 15 is 4.39 Å². The number of phenols is 1. The summed E-state index contributed by atoms with van der Waals surface area (Å²) >= 11 is 0. The first-order chi connectivity index (χ1) is 13.5. The van der Waals surface area contributed by atoms with Gasteiger partial charge in [-0.1, -0.05) is 51.9 Å². The highest BCUT2D eigenvalue weighted by Gasteiger charge is 2.67. The van der Waals surface area contributed by atoms with Crippen LogP contribution in [0.4, 0.5) is 4.39 Å². The second-order valence-corrected chi connectivity index (χ2v) is 15.7. The Kier molecular flexibility index (Phi) is 4.95. The lowest BCUT2D eigenvalue weighted by Gasteiger charge is -2.55. The number of hydrogen-bond acceptors (Lipinski definition) is 2. The Morgan fingerprint density at radius 1 is 1.28 bits per heavy atom. The fourth-order valence-electron chi connectivity index (χ4n) is 6.74. The van der Waals surface area contributed by atoms with Gasteiger partial charge in [0.05, 0.1) is 0 Å². The van der Waals surface area contributed by atoms with Crippen molar-refractivity contribution < 1.29 is 14.6 Å². The average Bonchev–Trinajstić information content (AvgIpc) is 2.85. The Balaban J connectivity index is 1.78. The minimum atomic E-state index is -1.71. The molecule has 158 valence electrons. The molecule has 3 aliphatic carbocycles.